The van der Waals surface area contributed by atoms with E-state index in [1.54, 1.807) is 22.8 Å². The summed E-state index contributed by atoms with van der Waals surface area (Å²) in [7, 11) is -3.50. The minimum atomic E-state index is -3.50. The van der Waals surface area contributed by atoms with Crippen molar-refractivity contribution in [3.05, 3.63) is 58.7 Å². The Hall–Kier alpha value is -4.73. The molecule has 16 nitrogen and oxygen atoms in total. The largest absolute Gasteiger partial charge is 0.491 e. The molecule has 1 aliphatic carbocycles. The molecule has 2 unspecified atom stereocenters. The Labute approximate surface area is 314 Å². The molecule has 0 spiro atoms. The highest BCUT2D eigenvalue weighted by atomic mass is 32.2. The summed E-state index contributed by atoms with van der Waals surface area (Å²) in [6.07, 6.45) is 5.62. The van der Waals surface area contributed by atoms with Crippen LogP contribution in [0.25, 0.3) is 0 Å². The van der Waals surface area contributed by atoms with E-state index >= 15 is 0 Å². The molecule has 4 heterocycles. The van der Waals surface area contributed by atoms with Gasteiger partial charge in [0.05, 0.1) is 48.1 Å². The van der Waals surface area contributed by atoms with Gasteiger partial charge in [-0.1, -0.05) is 7.43 Å². The number of benzene rings is 2. The second-order valence-corrected chi connectivity index (χ2v) is 15.9. The summed E-state index contributed by atoms with van der Waals surface area (Å²) in [4.78, 5) is 57.6. The third kappa shape index (κ3) is 8.32. The Morgan fingerprint density at radius 3 is 2.41 bits per heavy atom. The zero-order chi connectivity index (χ0) is 37.1. The number of piperidine rings is 1. The van der Waals surface area contributed by atoms with E-state index in [4.69, 9.17) is 9.47 Å². The van der Waals surface area contributed by atoms with Crippen LogP contribution in [0.1, 0.15) is 84.0 Å². The summed E-state index contributed by atoms with van der Waals surface area (Å²) >= 11 is 0. The molecule has 2 aromatic carbocycles. The maximum absolute atomic E-state index is 13.1. The number of carbonyl (C=O) groups excluding carboxylic acids is 4. The van der Waals surface area contributed by atoms with Gasteiger partial charge in [0, 0.05) is 55.9 Å². The van der Waals surface area contributed by atoms with Crippen molar-refractivity contribution in [2.75, 3.05) is 57.1 Å². The third-order valence-corrected chi connectivity index (χ3v) is 12.4. The van der Waals surface area contributed by atoms with E-state index < -0.39 is 39.7 Å². The summed E-state index contributed by atoms with van der Waals surface area (Å²) in [5.74, 6) is -2.16. The smallest absolute Gasteiger partial charge is 0.262 e. The topological polar surface area (TPSA) is 203 Å². The molecule has 0 radical (unpaired) electrons. The Balaban J connectivity index is 0.00000497. The minimum absolute atomic E-state index is 0. The van der Waals surface area contributed by atoms with E-state index in [2.05, 4.69) is 31.9 Å². The number of nitrogens with zero attached hydrogens (tertiary/aromatic N) is 5. The molecule has 0 bridgehead atoms. The fourth-order valence-electron chi connectivity index (χ4n) is 7.72. The molecule has 2 atom stereocenters. The number of fused-ring (bicyclic) bond motifs is 2. The first-order valence-corrected chi connectivity index (χ1v) is 19.6. The third-order valence-electron chi connectivity index (χ3n) is 10.6. The Bertz CT molecular complexity index is 1950. The Kier molecular flexibility index (Phi) is 12.1. The van der Waals surface area contributed by atoms with Crippen LogP contribution in [0.15, 0.2) is 41.4 Å². The maximum Gasteiger partial charge on any atom is 0.262 e. The van der Waals surface area contributed by atoms with E-state index in [1.807, 2.05) is 12.1 Å². The zero-order valence-electron chi connectivity index (χ0n) is 29.2. The molecule has 3 N–H and O–H groups in total. The van der Waals surface area contributed by atoms with Gasteiger partial charge in [-0.3, -0.25) is 44.6 Å². The fraction of sp³-hybridized carbons (Fsp3) is 0.514. The summed E-state index contributed by atoms with van der Waals surface area (Å²) in [6, 6.07) is 11.9. The summed E-state index contributed by atoms with van der Waals surface area (Å²) in [6.45, 7) is 2.45. The van der Waals surface area contributed by atoms with Gasteiger partial charge in [0.15, 0.2) is 0 Å². The van der Waals surface area contributed by atoms with Crippen LogP contribution in [0.3, 0.4) is 0 Å². The van der Waals surface area contributed by atoms with Crippen molar-refractivity contribution in [3.8, 4) is 11.8 Å². The molecule has 1 saturated carbocycles. The van der Waals surface area contributed by atoms with E-state index in [0.717, 1.165) is 41.8 Å². The Morgan fingerprint density at radius 1 is 0.907 bits per heavy atom. The zero-order valence-corrected chi connectivity index (χ0v) is 30.0. The van der Waals surface area contributed by atoms with Crippen molar-refractivity contribution in [1.82, 2.24) is 24.7 Å². The van der Waals surface area contributed by atoms with Crippen molar-refractivity contribution in [3.63, 3.8) is 0 Å². The number of nitrogens with one attached hydrogen (secondary N) is 3. The molecule has 2 aromatic rings. The number of nitriles is 1. The number of sulfonamides is 1. The molecule has 17 heteroatoms. The van der Waals surface area contributed by atoms with Crippen molar-refractivity contribution >= 4 is 45.7 Å². The summed E-state index contributed by atoms with van der Waals surface area (Å²) < 4.78 is 39.0. The average Bonchev–Trinajstić information content (AvgIpc) is 3.41. The second-order valence-electron chi connectivity index (χ2n) is 13.8. The lowest BCUT2D eigenvalue weighted by molar-refractivity contribution is -0.136. The average molecular weight is 763 g/mol. The molecule has 5 aliphatic rings. The van der Waals surface area contributed by atoms with Crippen LogP contribution in [0.4, 0.5) is 5.69 Å². The van der Waals surface area contributed by atoms with E-state index in [-0.39, 0.29) is 63.1 Å². The lowest BCUT2D eigenvalue weighted by Crippen LogP contribution is -2.54. The minimum Gasteiger partial charge on any atom is -0.491 e. The molecular weight excluding hydrogens is 717 g/mol. The fourth-order valence-corrected chi connectivity index (χ4v) is 9.02. The van der Waals surface area contributed by atoms with Crippen molar-refractivity contribution in [1.29, 1.82) is 5.26 Å². The van der Waals surface area contributed by atoms with Crippen LogP contribution in [-0.4, -0.2) is 122 Å². The van der Waals surface area contributed by atoms with Gasteiger partial charge >= 0.3 is 0 Å². The number of anilines is 1. The van der Waals surface area contributed by atoms with Crippen LogP contribution < -0.4 is 20.7 Å². The highest BCUT2D eigenvalue weighted by Crippen LogP contribution is 2.32. The number of hydrogen-bond donors (Lipinski definition) is 3. The van der Waals surface area contributed by atoms with Gasteiger partial charge in [-0.05, 0) is 68.5 Å². The summed E-state index contributed by atoms with van der Waals surface area (Å²) in [5.41, 5.74) is 2.80. The Morgan fingerprint density at radius 2 is 1.67 bits per heavy atom. The number of carbonyl (C=O) groups is 4. The summed E-state index contributed by atoms with van der Waals surface area (Å²) in [5, 5.41) is 18.3. The van der Waals surface area contributed by atoms with Crippen LogP contribution >= 0.6 is 0 Å². The molecule has 0 aromatic heterocycles. The standard InChI is InChI=1S/C36H42N8O8S.CH4/c37-21-23-1-8-30-29(19-23)33(39-22-38-30)40-24-2-4-25(5-3-24)42-11-13-43(14-12-42)53(49,50)18-17-51-15-16-52-26-6-7-27-28(20-26)36(48)44(35(27)47)31-9-10-32(45)41-34(31)46;/h1,6-8,19-20,22,24-25,31,33,40H,2-5,9-18H2,(H,38,39)(H,41,45,46);1H4. The lowest BCUT2D eigenvalue weighted by atomic mass is 9.89. The highest BCUT2D eigenvalue weighted by Gasteiger charge is 2.44. The van der Waals surface area contributed by atoms with Gasteiger partial charge in [-0.25, -0.2) is 8.42 Å². The lowest BCUT2D eigenvalue weighted by Gasteiger charge is -2.42. The SMILES string of the molecule is C.N#Cc1ccc2c(c1)C(NC1CCC(N3CCN(S(=O)(=O)CCOCCOc4ccc5c(c4)C(=O)N(C4CCC(=O)NC4=O)C5=O)CC3)CC1)N=CN2. The molecular formula is C37H46N8O8S. The number of piperazine rings is 1. The van der Waals surface area contributed by atoms with Gasteiger partial charge < -0.3 is 14.8 Å². The molecule has 7 rings (SSSR count). The van der Waals surface area contributed by atoms with E-state index in [1.165, 1.54) is 12.1 Å². The molecule has 2 saturated heterocycles. The van der Waals surface area contributed by atoms with Gasteiger partial charge in [0.25, 0.3) is 11.8 Å². The number of imide groups is 2. The number of ether oxygens (including phenoxy) is 2. The van der Waals surface area contributed by atoms with Crippen LogP contribution in [-0.2, 0) is 24.3 Å². The van der Waals surface area contributed by atoms with Crippen LogP contribution in [0.2, 0.25) is 0 Å². The quantitative estimate of drug-likeness (QED) is 0.210. The number of rotatable bonds is 12. The second kappa shape index (κ2) is 16.7. The number of aliphatic imine (C=N–C) groups is 1. The highest BCUT2D eigenvalue weighted by molar-refractivity contribution is 7.89. The van der Waals surface area contributed by atoms with E-state index in [9.17, 15) is 32.9 Å². The first-order valence-electron chi connectivity index (χ1n) is 18.0. The van der Waals surface area contributed by atoms with Crippen LogP contribution in [0, 0.1) is 11.3 Å². The van der Waals surface area contributed by atoms with Gasteiger partial charge in [0.1, 0.15) is 24.6 Å². The molecule has 54 heavy (non-hydrogen) atoms. The predicted molar refractivity (Wildman–Crippen MR) is 198 cm³/mol. The first kappa shape index (κ1) is 39.0. The molecule has 4 aliphatic heterocycles. The van der Waals surface area contributed by atoms with Gasteiger partial charge in [-0.15, -0.1) is 0 Å². The van der Waals surface area contributed by atoms with Crippen LogP contribution in [0.5, 0.6) is 5.75 Å². The predicted octanol–water partition coefficient (Wildman–Crippen LogP) is 1.99. The maximum atomic E-state index is 13.1. The molecule has 288 valence electrons. The normalized spacial score (nSPS) is 24.5. The van der Waals surface area contributed by atoms with Gasteiger partial charge in [-0.2, -0.15) is 9.57 Å². The number of hydrogen-bond acceptors (Lipinski definition) is 13. The van der Waals surface area contributed by atoms with E-state index in [0.29, 0.717) is 49.6 Å². The molecule has 3 fully saturated rings. The molecule has 4 amide bonds. The van der Waals surface area contributed by atoms with Crippen molar-refractivity contribution in [2.45, 2.75) is 70.2 Å². The van der Waals surface area contributed by atoms with Crippen molar-refractivity contribution in [2.24, 2.45) is 4.99 Å². The number of amides is 4. The monoisotopic (exact) mass is 762 g/mol. The first-order chi connectivity index (χ1) is 25.6. The van der Waals surface area contributed by atoms with Crippen molar-refractivity contribution < 1.29 is 37.1 Å². The van der Waals surface area contributed by atoms with Gasteiger partial charge in [0.2, 0.25) is 21.8 Å².